The fourth-order valence-electron chi connectivity index (χ4n) is 2.09. The Morgan fingerprint density at radius 2 is 2.00 bits per heavy atom. The lowest BCUT2D eigenvalue weighted by atomic mass is 10.3. The Kier molecular flexibility index (Phi) is 3.74. The molecule has 4 nitrogen and oxygen atoms in total. The van der Waals surface area contributed by atoms with Gasteiger partial charge in [-0.05, 0) is 57.0 Å². The zero-order valence-corrected chi connectivity index (χ0v) is 12.0. The van der Waals surface area contributed by atoms with E-state index in [0.717, 1.165) is 23.7 Å². The molecule has 1 heterocycles. The summed E-state index contributed by atoms with van der Waals surface area (Å²) in [5, 5.41) is 8.06. The van der Waals surface area contributed by atoms with Crippen LogP contribution in [-0.4, -0.2) is 21.9 Å². The minimum atomic E-state index is 0.200. The molecule has 0 unspecified atom stereocenters. The van der Waals surface area contributed by atoms with E-state index in [-0.39, 0.29) is 6.10 Å². The van der Waals surface area contributed by atoms with Gasteiger partial charge in [0.25, 0.3) is 0 Å². The maximum atomic E-state index is 5.64. The zero-order chi connectivity index (χ0) is 13.9. The van der Waals surface area contributed by atoms with E-state index < -0.39 is 0 Å². The predicted molar refractivity (Wildman–Crippen MR) is 79.2 cm³/mol. The van der Waals surface area contributed by atoms with E-state index in [1.807, 2.05) is 49.0 Å². The number of hydrogen-bond acceptors (Lipinski definition) is 3. The topological polar surface area (TPSA) is 39.1 Å². The summed E-state index contributed by atoms with van der Waals surface area (Å²) in [4.78, 5) is 0. The molecule has 1 N–H and O–H groups in total. The van der Waals surface area contributed by atoms with Crippen LogP contribution in [0.2, 0.25) is 0 Å². The summed E-state index contributed by atoms with van der Waals surface area (Å²) >= 11 is 0. The first-order chi connectivity index (χ1) is 9.70. The molecule has 0 radical (unpaired) electrons. The molecule has 3 rings (SSSR count). The molecule has 1 aromatic heterocycles. The zero-order valence-electron chi connectivity index (χ0n) is 12.0. The molecule has 20 heavy (non-hydrogen) atoms. The Balaban J connectivity index is 1.65. The first kappa shape index (κ1) is 13.2. The van der Waals surface area contributed by atoms with E-state index in [1.54, 1.807) is 0 Å². The van der Waals surface area contributed by atoms with Crippen LogP contribution in [0.15, 0.2) is 36.5 Å². The fourth-order valence-corrected chi connectivity index (χ4v) is 2.09. The van der Waals surface area contributed by atoms with Gasteiger partial charge < -0.3 is 10.1 Å². The number of benzene rings is 1. The molecule has 106 valence electrons. The van der Waals surface area contributed by atoms with E-state index in [0.29, 0.717) is 6.04 Å². The van der Waals surface area contributed by atoms with Gasteiger partial charge in [-0.25, -0.2) is 4.68 Å². The highest BCUT2D eigenvalue weighted by atomic mass is 16.5. The SMILES string of the molecule is CC(C)Oc1ccc(-n2ccc(CNC3CC3)n2)cc1. The normalized spacial score (nSPS) is 14.8. The van der Waals surface area contributed by atoms with Crippen LogP contribution in [0.4, 0.5) is 0 Å². The molecule has 4 heteroatoms. The van der Waals surface area contributed by atoms with E-state index in [1.165, 1.54) is 12.8 Å². The van der Waals surface area contributed by atoms with Gasteiger partial charge in [0.1, 0.15) is 5.75 Å². The van der Waals surface area contributed by atoms with Crippen LogP contribution in [0.3, 0.4) is 0 Å². The lowest BCUT2D eigenvalue weighted by Crippen LogP contribution is -2.15. The van der Waals surface area contributed by atoms with Gasteiger partial charge in [0.05, 0.1) is 17.5 Å². The van der Waals surface area contributed by atoms with E-state index in [2.05, 4.69) is 16.5 Å². The molecule has 0 spiro atoms. The average molecular weight is 271 g/mol. The number of aromatic nitrogens is 2. The highest BCUT2D eigenvalue weighted by molar-refractivity contribution is 5.37. The van der Waals surface area contributed by atoms with Gasteiger partial charge in [0.15, 0.2) is 0 Å². The van der Waals surface area contributed by atoms with Gasteiger partial charge >= 0.3 is 0 Å². The largest absolute Gasteiger partial charge is 0.491 e. The second-order valence-electron chi connectivity index (χ2n) is 5.57. The minimum absolute atomic E-state index is 0.200. The van der Waals surface area contributed by atoms with Gasteiger partial charge in [0.2, 0.25) is 0 Å². The van der Waals surface area contributed by atoms with Crippen molar-refractivity contribution in [1.29, 1.82) is 0 Å². The average Bonchev–Trinajstić information content (AvgIpc) is 3.14. The van der Waals surface area contributed by atoms with Crippen molar-refractivity contribution in [2.75, 3.05) is 0 Å². The van der Waals surface area contributed by atoms with Gasteiger partial charge in [-0.15, -0.1) is 0 Å². The van der Waals surface area contributed by atoms with E-state index >= 15 is 0 Å². The lowest BCUT2D eigenvalue weighted by Gasteiger charge is -2.10. The number of nitrogens with one attached hydrogen (secondary N) is 1. The summed E-state index contributed by atoms with van der Waals surface area (Å²) in [7, 11) is 0. The number of rotatable bonds is 6. The summed E-state index contributed by atoms with van der Waals surface area (Å²) in [5.41, 5.74) is 2.14. The predicted octanol–water partition coefficient (Wildman–Crippen LogP) is 2.91. The molecule has 0 atom stereocenters. The van der Waals surface area contributed by atoms with Crippen molar-refractivity contribution >= 4 is 0 Å². The summed E-state index contributed by atoms with van der Waals surface area (Å²) in [6.07, 6.45) is 4.81. The van der Waals surface area contributed by atoms with E-state index in [9.17, 15) is 0 Å². The van der Waals surface area contributed by atoms with Crippen LogP contribution in [0.25, 0.3) is 5.69 Å². The highest BCUT2D eigenvalue weighted by Crippen LogP contribution is 2.19. The molecule has 0 aliphatic heterocycles. The third-order valence-electron chi connectivity index (χ3n) is 3.27. The summed E-state index contributed by atoms with van der Waals surface area (Å²) in [6, 6.07) is 10.8. The maximum absolute atomic E-state index is 5.64. The molecule has 0 amide bonds. The number of ether oxygens (including phenoxy) is 1. The third-order valence-corrected chi connectivity index (χ3v) is 3.27. The molecule has 1 aliphatic rings. The Morgan fingerprint density at radius 3 is 2.65 bits per heavy atom. The first-order valence-electron chi connectivity index (χ1n) is 7.26. The van der Waals surface area contributed by atoms with Crippen molar-refractivity contribution < 1.29 is 4.74 Å². The summed E-state index contributed by atoms with van der Waals surface area (Å²) in [6.45, 7) is 4.91. The molecule has 0 saturated heterocycles. The third kappa shape index (κ3) is 3.39. The van der Waals surface area contributed by atoms with Crippen LogP contribution in [0.5, 0.6) is 5.75 Å². The Bertz CT molecular complexity index is 555. The molecule has 2 aromatic rings. The molecule has 0 bridgehead atoms. The Hall–Kier alpha value is -1.81. The second-order valence-corrected chi connectivity index (χ2v) is 5.57. The Morgan fingerprint density at radius 1 is 1.25 bits per heavy atom. The molecule has 1 aromatic carbocycles. The molecular formula is C16H21N3O. The first-order valence-corrected chi connectivity index (χ1v) is 7.26. The monoisotopic (exact) mass is 271 g/mol. The number of nitrogens with zero attached hydrogens (tertiary/aromatic N) is 2. The molecule has 1 fully saturated rings. The summed E-state index contributed by atoms with van der Waals surface area (Å²) < 4.78 is 7.55. The van der Waals surface area contributed by atoms with Crippen molar-refractivity contribution in [3.05, 3.63) is 42.2 Å². The van der Waals surface area contributed by atoms with Crippen molar-refractivity contribution in [2.24, 2.45) is 0 Å². The van der Waals surface area contributed by atoms with Crippen molar-refractivity contribution in [1.82, 2.24) is 15.1 Å². The molecule has 1 aliphatic carbocycles. The van der Waals surface area contributed by atoms with Crippen LogP contribution in [-0.2, 0) is 6.54 Å². The molecular weight excluding hydrogens is 250 g/mol. The van der Waals surface area contributed by atoms with Gasteiger partial charge in [-0.2, -0.15) is 5.10 Å². The van der Waals surface area contributed by atoms with Crippen LogP contribution >= 0.6 is 0 Å². The van der Waals surface area contributed by atoms with Crippen molar-refractivity contribution in [3.8, 4) is 11.4 Å². The smallest absolute Gasteiger partial charge is 0.119 e. The second kappa shape index (κ2) is 5.67. The van der Waals surface area contributed by atoms with Gasteiger partial charge in [-0.3, -0.25) is 0 Å². The maximum Gasteiger partial charge on any atom is 0.119 e. The van der Waals surface area contributed by atoms with Crippen molar-refractivity contribution in [2.45, 2.75) is 45.4 Å². The van der Waals surface area contributed by atoms with E-state index in [4.69, 9.17) is 4.74 Å². The quantitative estimate of drug-likeness (QED) is 0.878. The van der Waals surface area contributed by atoms with Gasteiger partial charge in [0, 0.05) is 18.8 Å². The highest BCUT2D eigenvalue weighted by Gasteiger charge is 2.20. The molecule has 1 saturated carbocycles. The van der Waals surface area contributed by atoms with Crippen LogP contribution < -0.4 is 10.1 Å². The summed E-state index contributed by atoms with van der Waals surface area (Å²) in [5.74, 6) is 0.895. The van der Waals surface area contributed by atoms with Crippen molar-refractivity contribution in [3.63, 3.8) is 0 Å². The lowest BCUT2D eigenvalue weighted by molar-refractivity contribution is 0.242. The van der Waals surface area contributed by atoms with Crippen LogP contribution in [0, 0.1) is 0 Å². The van der Waals surface area contributed by atoms with Gasteiger partial charge in [-0.1, -0.05) is 0 Å². The Labute approximate surface area is 119 Å². The standard InChI is InChI=1S/C16H21N3O/c1-12(2)20-16-7-5-15(6-8-16)19-10-9-14(18-19)11-17-13-3-4-13/h5-10,12-13,17H,3-4,11H2,1-2H3. The fraction of sp³-hybridized carbons (Fsp3) is 0.438. The minimum Gasteiger partial charge on any atom is -0.491 e. The van der Waals surface area contributed by atoms with Crippen LogP contribution in [0.1, 0.15) is 32.4 Å². The number of hydrogen-bond donors (Lipinski definition) is 1.